The molecule has 0 unspecified atom stereocenters. The van der Waals surface area contributed by atoms with Crippen LogP contribution in [-0.2, 0) is 0 Å². The molecule has 2 aromatic heterocycles. The van der Waals surface area contributed by atoms with E-state index in [-0.39, 0.29) is 0 Å². The van der Waals surface area contributed by atoms with Crippen molar-refractivity contribution in [2.24, 2.45) is 0 Å². The van der Waals surface area contributed by atoms with Crippen LogP contribution in [-0.4, -0.2) is 15.0 Å². The number of nitrogens with one attached hydrogen (secondary N) is 1. The first-order valence-electron chi connectivity index (χ1n) is 9.96. The van der Waals surface area contributed by atoms with E-state index in [9.17, 15) is 0 Å². The van der Waals surface area contributed by atoms with Crippen LogP contribution in [0.4, 0.5) is 0 Å². The van der Waals surface area contributed by atoms with Crippen LogP contribution in [0.15, 0.2) is 97.3 Å². The van der Waals surface area contributed by atoms with Gasteiger partial charge in [-0.3, -0.25) is 4.98 Å². The summed E-state index contributed by atoms with van der Waals surface area (Å²) in [6, 6.07) is 26.9. The number of ether oxygens (including phenoxy) is 1. The summed E-state index contributed by atoms with van der Waals surface area (Å²) in [7, 11) is 0. The van der Waals surface area contributed by atoms with E-state index >= 15 is 0 Å². The summed E-state index contributed by atoms with van der Waals surface area (Å²) in [6.45, 7) is 0. The van der Waals surface area contributed by atoms with E-state index in [1.54, 1.807) is 24.5 Å². The van der Waals surface area contributed by atoms with Gasteiger partial charge in [-0.2, -0.15) is 0 Å². The molecule has 0 radical (unpaired) electrons. The number of para-hydroxylation sites is 1. The summed E-state index contributed by atoms with van der Waals surface area (Å²) in [5, 5.41) is 0.980. The topological polar surface area (TPSA) is 50.8 Å². The van der Waals surface area contributed by atoms with Crippen molar-refractivity contribution in [2.45, 2.75) is 0 Å². The predicted octanol–water partition coefficient (Wildman–Crippen LogP) is 7.90. The van der Waals surface area contributed by atoms with Gasteiger partial charge in [0, 0.05) is 29.1 Å². The van der Waals surface area contributed by atoms with Gasteiger partial charge in [-0.05, 0) is 54.6 Å². The van der Waals surface area contributed by atoms with Gasteiger partial charge in [0.2, 0.25) is 0 Å². The van der Waals surface area contributed by atoms with Crippen LogP contribution in [0.25, 0.3) is 33.9 Å². The van der Waals surface area contributed by atoms with Crippen LogP contribution in [0, 0.1) is 0 Å². The van der Waals surface area contributed by atoms with Crippen LogP contribution >= 0.6 is 23.2 Å². The molecule has 0 aliphatic carbocycles. The Labute approximate surface area is 195 Å². The molecule has 0 aliphatic heterocycles. The van der Waals surface area contributed by atoms with Gasteiger partial charge in [0.15, 0.2) is 0 Å². The number of aromatic amines is 1. The van der Waals surface area contributed by atoms with Crippen molar-refractivity contribution in [1.82, 2.24) is 15.0 Å². The van der Waals surface area contributed by atoms with Crippen molar-refractivity contribution >= 4 is 23.2 Å². The van der Waals surface area contributed by atoms with E-state index < -0.39 is 0 Å². The highest BCUT2D eigenvalue weighted by atomic mass is 35.5. The first kappa shape index (κ1) is 20.3. The molecule has 4 nitrogen and oxygen atoms in total. The van der Waals surface area contributed by atoms with Crippen LogP contribution in [0.5, 0.6) is 11.5 Å². The highest BCUT2D eigenvalue weighted by molar-refractivity contribution is 6.42. The Balaban J connectivity index is 1.60. The Kier molecular flexibility index (Phi) is 5.63. The van der Waals surface area contributed by atoms with Gasteiger partial charge in [0.05, 0.1) is 21.4 Å². The molecule has 2 heterocycles. The number of nitrogens with zero attached hydrogens (tertiary/aromatic N) is 2. The van der Waals surface area contributed by atoms with E-state index in [2.05, 4.69) is 9.97 Å². The number of benzene rings is 3. The number of aromatic nitrogens is 3. The molecule has 3 aromatic carbocycles. The number of hydrogen-bond donors (Lipinski definition) is 1. The molecule has 5 aromatic rings. The predicted molar refractivity (Wildman–Crippen MR) is 129 cm³/mol. The van der Waals surface area contributed by atoms with E-state index in [0.717, 1.165) is 39.6 Å². The summed E-state index contributed by atoms with van der Waals surface area (Å²) in [6.07, 6.45) is 3.52. The highest BCUT2D eigenvalue weighted by Gasteiger charge is 2.16. The summed E-state index contributed by atoms with van der Waals surface area (Å²) >= 11 is 12.3. The Morgan fingerprint density at radius 2 is 1.44 bits per heavy atom. The first-order valence-corrected chi connectivity index (χ1v) is 10.7. The minimum Gasteiger partial charge on any atom is -0.457 e. The smallest absolute Gasteiger partial charge is 0.138 e. The molecule has 1 N–H and O–H groups in total. The first-order chi connectivity index (χ1) is 15.7. The van der Waals surface area contributed by atoms with Gasteiger partial charge in [-0.15, -0.1) is 0 Å². The second-order valence-corrected chi connectivity index (χ2v) is 7.93. The standard InChI is InChI=1S/C26H17Cl2N3O/c27-22-10-9-19(16-23(22)28)26-30-24(17-11-13-29-14-12-17)25(31-26)18-5-4-8-21(15-18)32-20-6-2-1-3-7-20/h1-16H,(H,30,31). The molecule has 6 heteroatoms. The van der Waals surface area contributed by atoms with E-state index in [1.807, 2.05) is 72.8 Å². The fraction of sp³-hybridized carbons (Fsp3) is 0. The molecular formula is C26H17Cl2N3O. The number of halogens is 2. The van der Waals surface area contributed by atoms with Crippen molar-refractivity contribution in [2.75, 3.05) is 0 Å². The van der Waals surface area contributed by atoms with Gasteiger partial charge in [0.1, 0.15) is 17.3 Å². The number of imidazole rings is 1. The average Bonchev–Trinajstić information content (AvgIpc) is 3.28. The molecule has 0 spiro atoms. The van der Waals surface area contributed by atoms with Crippen molar-refractivity contribution in [1.29, 1.82) is 0 Å². The monoisotopic (exact) mass is 457 g/mol. The molecule has 0 bridgehead atoms. The van der Waals surface area contributed by atoms with Crippen LogP contribution in [0.3, 0.4) is 0 Å². The third-order valence-corrected chi connectivity index (χ3v) is 5.69. The zero-order chi connectivity index (χ0) is 21.9. The van der Waals surface area contributed by atoms with E-state index in [4.69, 9.17) is 32.9 Å². The lowest BCUT2D eigenvalue weighted by molar-refractivity contribution is 0.483. The average molecular weight is 458 g/mol. The van der Waals surface area contributed by atoms with Crippen molar-refractivity contribution < 1.29 is 4.74 Å². The maximum atomic E-state index is 6.24. The Morgan fingerprint density at radius 3 is 2.22 bits per heavy atom. The van der Waals surface area contributed by atoms with Gasteiger partial charge < -0.3 is 9.72 Å². The fourth-order valence-electron chi connectivity index (χ4n) is 3.42. The summed E-state index contributed by atoms with van der Waals surface area (Å²) in [5.41, 5.74) is 4.43. The molecule has 0 amide bonds. The molecular weight excluding hydrogens is 441 g/mol. The third kappa shape index (κ3) is 4.24. The highest BCUT2D eigenvalue weighted by Crippen LogP contribution is 2.36. The zero-order valence-corrected chi connectivity index (χ0v) is 18.3. The number of H-pyrrole nitrogens is 1. The van der Waals surface area contributed by atoms with Crippen LogP contribution in [0.2, 0.25) is 10.0 Å². The van der Waals surface area contributed by atoms with E-state index in [0.29, 0.717) is 15.9 Å². The number of rotatable bonds is 5. The van der Waals surface area contributed by atoms with Gasteiger partial charge >= 0.3 is 0 Å². The lowest BCUT2D eigenvalue weighted by atomic mass is 10.1. The second-order valence-electron chi connectivity index (χ2n) is 7.12. The maximum Gasteiger partial charge on any atom is 0.138 e. The van der Waals surface area contributed by atoms with Crippen LogP contribution in [0.1, 0.15) is 0 Å². The lowest BCUT2D eigenvalue weighted by Crippen LogP contribution is -1.87. The molecule has 32 heavy (non-hydrogen) atoms. The number of pyridine rings is 1. The Bertz CT molecular complexity index is 1370. The zero-order valence-electron chi connectivity index (χ0n) is 16.8. The SMILES string of the molecule is Clc1ccc(-c2nc(-c3cccc(Oc4ccccc4)c3)c(-c3ccncc3)[nH]2)cc1Cl. The van der Waals surface area contributed by atoms with Gasteiger partial charge in [0.25, 0.3) is 0 Å². The Morgan fingerprint density at radius 1 is 0.656 bits per heavy atom. The second kappa shape index (κ2) is 8.87. The molecule has 0 saturated heterocycles. The fourth-order valence-corrected chi connectivity index (χ4v) is 3.72. The molecule has 5 rings (SSSR count). The molecule has 0 saturated carbocycles. The third-order valence-electron chi connectivity index (χ3n) is 4.95. The maximum absolute atomic E-state index is 6.24. The summed E-state index contributed by atoms with van der Waals surface area (Å²) in [4.78, 5) is 12.5. The molecule has 0 fully saturated rings. The minimum absolute atomic E-state index is 0.478. The normalized spacial score (nSPS) is 10.8. The Hall–Kier alpha value is -3.60. The minimum atomic E-state index is 0.478. The van der Waals surface area contributed by atoms with Crippen LogP contribution < -0.4 is 4.74 Å². The quantitative estimate of drug-likeness (QED) is 0.291. The summed E-state index contributed by atoms with van der Waals surface area (Å²) in [5.74, 6) is 2.20. The molecule has 0 aliphatic rings. The van der Waals surface area contributed by atoms with Gasteiger partial charge in [-0.1, -0.05) is 53.5 Å². The summed E-state index contributed by atoms with van der Waals surface area (Å²) < 4.78 is 6.03. The largest absolute Gasteiger partial charge is 0.457 e. The van der Waals surface area contributed by atoms with Crippen molar-refractivity contribution in [3.8, 4) is 45.4 Å². The van der Waals surface area contributed by atoms with Gasteiger partial charge in [-0.25, -0.2) is 4.98 Å². The molecule has 0 atom stereocenters. The number of hydrogen-bond acceptors (Lipinski definition) is 3. The van der Waals surface area contributed by atoms with Crippen molar-refractivity contribution in [3.63, 3.8) is 0 Å². The van der Waals surface area contributed by atoms with Crippen molar-refractivity contribution in [3.05, 3.63) is 107 Å². The molecule has 156 valence electrons. The lowest BCUT2D eigenvalue weighted by Gasteiger charge is -2.08. The van der Waals surface area contributed by atoms with E-state index in [1.165, 1.54) is 0 Å².